The summed E-state index contributed by atoms with van der Waals surface area (Å²) < 4.78 is 19.4. The van der Waals surface area contributed by atoms with Gasteiger partial charge in [0.25, 0.3) is 0 Å². The molecule has 0 spiro atoms. The molecule has 0 amide bonds. The second-order valence-electron chi connectivity index (χ2n) is 7.85. The fourth-order valence-electron chi connectivity index (χ4n) is 3.80. The van der Waals surface area contributed by atoms with E-state index >= 15 is 0 Å². The summed E-state index contributed by atoms with van der Waals surface area (Å²) in [4.78, 5) is 23.1. The first-order chi connectivity index (χ1) is 15.0. The van der Waals surface area contributed by atoms with Crippen LogP contribution >= 0.6 is 11.6 Å². The van der Waals surface area contributed by atoms with E-state index in [-0.39, 0.29) is 11.4 Å². The lowest BCUT2D eigenvalue weighted by Gasteiger charge is -2.36. The zero-order chi connectivity index (χ0) is 21.8. The monoisotopic (exact) mass is 444 g/mol. The van der Waals surface area contributed by atoms with Gasteiger partial charge < -0.3 is 14.6 Å². The Kier molecular flexibility index (Phi) is 6.73. The molecule has 1 saturated heterocycles. The molecule has 3 heterocycles. The molecule has 0 aliphatic carbocycles. The smallest absolute Gasteiger partial charge is 0.249 e. The number of aromatic amines is 1. The van der Waals surface area contributed by atoms with Crippen LogP contribution in [-0.4, -0.2) is 54.2 Å². The number of hydrogen-bond acceptors (Lipinski definition) is 5. The summed E-state index contributed by atoms with van der Waals surface area (Å²) in [6, 6.07) is 10.2. The summed E-state index contributed by atoms with van der Waals surface area (Å²) in [5.41, 5.74) is 1.90. The van der Waals surface area contributed by atoms with Crippen molar-refractivity contribution in [1.29, 1.82) is 0 Å². The summed E-state index contributed by atoms with van der Waals surface area (Å²) in [7, 11) is 0. The zero-order valence-electron chi connectivity index (χ0n) is 17.5. The Labute approximate surface area is 185 Å². The number of rotatable bonds is 7. The van der Waals surface area contributed by atoms with Crippen LogP contribution in [0.25, 0.3) is 11.0 Å². The number of unbranched alkanes of at least 4 members (excludes halogenated alkanes) is 1. The molecule has 1 fully saturated rings. The molecule has 1 N–H and O–H groups in total. The fourth-order valence-corrected chi connectivity index (χ4v) is 4.07. The van der Waals surface area contributed by atoms with E-state index in [1.807, 2.05) is 18.2 Å². The van der Waals surface area contributed by atoms with Crippen molar-refractivity contribution < 1.29 is 9.13 Å². The first-order valence-electron chi connectivity index (χ1n) is 10.6. The van der Waals surface area contributed by atoms with Gasteiger partial charge in [-0.05, 0) is 56.1 Å². The number of fused-ring (bicyclic) bond motifs is 1. The maximum atomic E-state index is 13.6. The van der Waals surface area contributed by atoms with Crippen LogP contribution in [0.1, 0.15) is 18.4 Å². The number of piperazine rings is 1. The first-order valence-corrected chi connectivity index (χ1v) is 10.9. The van der Waals surface area contributed by atoms with Gasteiger partial charge in [-0.25, -0.2) is 4.39 Å². The molecule has 164 valence electrons. The van der Waals surface area contributed by atoms with Crippen molar-refractivity contribution in [1.82, 2.24) is 14.9 Å². The van der Waals surface area contributed by atoms with Crippen LogP contribution in [0.4, 0.5) is 10.1 Å². The van der Waals surface area contributed by atoms with E-state index in [9.17, 15) is 9.18 Å². The van der Waals surface area contributed by atoms with Crippen LogP contribution in [0.3, 0.4) is 0 Å². The van der Waals surface area contributed by atoms with Gasteiger partial charge in [0.15, 0.2) is 0 Å². The first kappa shape index (κ1) is 21.6. The van der Waals surface area contributed by atoms with Crippen LogP contribution < -0.4 is 15.2 Å². The third kappa shape index (κ3) is 5.35. The Balaban J connectivity index is 1.19. The van der Waals surface area contributed by atoms with Gasteiger partial charge in [0.2, 0.25) is 11.4 Å². The predicted molar refractivity (Wildman–Crippen MR) is 122 cm³/mol. The summed E-state index contributed by atoms with van der Waals surface area (Å²) in [6.45, 7) is 7.01. The van der Waals surface area contributed by atoms with E-state index in [1.54, 1.807) is 13.0 Å². The summed E-state index contributed by atoms with van der Waals surface area (Å²) in [5, 5.41) is 1.35. The highest BCUT2D eigenvalue weighted by atomic mass is 35.5. The number of H-pyrrole nitrogens is 1. The lowest BCUT2D eigenvalue weighted by molar-refractivity contribution is 0.237. The molecule has 2 aromatic heterocycles. The van der Waals surface area contributed by atoms with Crippen LogP contribution in [0, 0.1) is 12.7 Å². The number of aromatic nitrogens is 2. The van der Waals surface area contributed by atoms with Gasteiger partial charge in [0.05, 0.1) is 17.3 Å². The minimum absolute atomic E-state index is 0.172. The van der Waals surface area contributed by atoms with Crippen LogP contribution in [-0.2, 0) is 0 Å². The number of halogens is 2. The number of ether oxygens (including phenoxy) is 1. The van der Waals surface area contributed by atoms with Crippen molar-refractivity contribution in [2.75, 3.05) is 44.2 Å². The third-order valence-corrected chi connectivity index (χ3v) is 5.92. The summed E-state index contributed by atoms with van der Waals surface area (Å²) >= 11 is 6.25. The number of benzene rings is 1. The number of anilines is 1. The Bertz CT molecular complexity index is 1110. The lowest BCUT2D eigenvalue weighted by atomic mass is 10.1. The number of pyridine rings is 2. The van der Waals surface area contributed by atoms with E-state index in [1.165, 1.54) is 12.1 Å². The van der Waals surface area contributed by atoms with Crippen molar-refractivity contribution in [2.24, 2.45) is 0 Å². The number of nitrogens with one attached hydrogen (secondary N) is 1. The molecule has 31 heavy (non-hydrogen) atoms. The molecule has 0 radical (unpaired) electrons. The highest BCUT2D eigenvalue weighted by molar-refractivity contribution is 6.33. The normalized spacial score (nSPS) is 14.9. The molecule has 0 saturated carbocycles. The number of aryl methyl sites for hydroxylation is 1. The van der Waals surface area contributed by atoms with Gasteiger partial charge in [0, 0.05) is 43.7 Å². The standard InChI is InChI=1S/C23H26ClFN4O2/c1-16-14-20(18(24)15-19(16)25)29-11-9-28(10-12-29)8-2-3-13-31-22-7-5-17-4-6-21(30)26-23(17)27-22/h4-7,14-15H,2-3,8-13H2,1H3,(H,26,27,30). The third-order valence-electron chi connectivity index (χ3n) is 5.62. The maximum absolute atomic E-state index is 13.6. The van der Waals surface area contributed by atoms with E-state index < -0.39 is 0 Å². The van der Waals surface area contributed by atoms with Crippen molar-refractivity contribution in [2.45, 2.75) is 19.8 Å². The highest BCUT2D eigenvalue weighted by Crippen LogP contribution is 2.29. The maximum Gasteiger partial charge on any atom is 0.249 e. The number of hydrogen-bond donors (Lipinski definition) is 1. The average Bonchev–Trinajstić information content (AvgIpc) is 2.76. The topological polar surface area (TPSA) is 61.5 Å². The number of nitrogens with zero attached hydrogens (tertiary/aromatic N) is 3. The van der Waals surface area contributed by atoms with Gasteiger partial charge in [-0.3, -0.25) is 9.69 Å². The van der Waals surface area contributed by atoms with Gasteiger partial charge in [-0.1, -0.05) is 11.6 Å². The Hall–Kier alpha value is -2.64. The molecule has 1 aliphatic heterocycles. The lowest BCUT2D eigenvalue weighted by Crippen LogP contribution is -2.46. The second kappa shape index (κ2) is 9.66. The van der Waals surface area contributed by atoms with Gasteiger partial charge in [0.1, 0.15) is 11.5 Å². The SMILES string of the molecule is Cc1cc(N2CCN(CCCCOc3ccc4ccc(=O)[nH]c4n3)CC2)c(Cl)cc1F. The van der Waals surface area contributed by atoms with Crippen molar-refractivity contribution in [3.05, 3.63) is 63.2 Å². The molecule has 0 atom stereocenters. The zero-order valence-corrected chi connectivity index (χ0v) is 18.3. The summed E-state index contributed by atoms with van der Waals surface area (Å²) in [5.74, 6) is 0.260. The quantitative estimate of drug-likeness (QED) is 0.558. The Morgan fingerprint density at radius 3 is 2.71 bits per heavy atom. The molecule has 6 nitrogen and oxygen atoms in total. The van der Waals surface area contributed by atoms with Crippen molar-refractivity contribution in [3.8, 4) is 5.88 Å². The van der Waals surface area contributed by atoms with Crippen molar-refractivity contribution >= 4 is 28.3 Å². The van der Waals surface area contributed by atoms with E-state index in [0.717, 1.165) is 56.6 Å². The fraction of sp³-hybridized carbons (Fsp3) is 0.391. The van der Waals surface area contributed by atoms with Gasteiger partial charge in [-0.2, -0.15) is 4.98 Å². The molecule has 1 aliphatic rings. The second-order valence-corrected chi connectivity index (χ2v) is 8.25. The van der Waals surface area contributed by atoms with E-state index in [4.69, 9.17) is 16.3 Å². The van der Waals surface area contributed by atoms with Crippen LogP contribution in [0.5, 0.6) is 5.88 Å². The van der Waals surface area contributed by atoms with Crippen LogP contribution in [0.2, 0.25) is 5.02 Å². The minimum atomic E-state index is -0.262. The highest BCUT2D eigenvalue weighted by Gasteiger charge is 2.19. The molecule has 1 aromatic carbocycles. The van der Waals surface area contributed by atoms with Gasteiger partial charge in [-0.15, -0.1) is 0 Å². The average molecular weight is 445 g/mol. The summed E-state index contributed by atoms with van der Waals surface area (Å²) in [6.07, 6.45) is 1.95. The molecule has 0 bridgehead atoms. The van der Waals surface area contributed by atoms with Gasteiger partial charge >= 0.3 is 0 Å². The molecule has 8 heteroatoms. The molecule has 0 unspecified atom stereocenters. The molecular weight excluding hydrogens is 419 g/mol. The van der Waals surface area contributed by atoms with E-state index in [0.29, 0.717) is 28.7 Å². The van der Waals surface area contributed by atoms with Crippen LogP contribution in [0.15, 0.2) is 41.2 Å². The molecule has 4 rings (SSSR count). The van der Waals surface area contributed by atoms with Crippen molar-refractivity contribution in [3.63, 3.8) is 0 Å². The molecular formula is C23H26ClFN4O2. The minimum Gasteiger partial charge on any atom is -0.478 e. The van der Waals surface area contributed by atoms with E-state index in [2.05, 4.69) is 19.8 Å². The Morgan fingerprint density at radius 1 is 1.13 bits per heavy atom. The largest absolute Gasteiger partial charge is 0.478 e. The Morgan fingerprint density at radius 2 is 1.90 bits per heavy atom. The predicted octanol–water partition coefficient (Wildman–Crippen LogP) is 4.01. The molecule has 3 aromatic rings.